The number of para-hydroxylation sites is 1. The number of likely N-dealkylation sites (tertiary alicyclic amines) is 1. The lowest BCUT2D eigenvalue weighted by atomic mass is 9.85. The highest BCUT2D eigenvalue weighted by Gasteiger charge is 2.54. The molecule has 3 heterocycles. The third-order valence-corrected chi connectivity index (χ3v) is 12.2. The Morgan fingerprint density at radius 3 is 2.36 bits per heavy atom. The second-order valence-corrected chi connectivity index (χ2v) is 16.2. The fourth-order valence-corrected chi connectivity index (χ4v) is 8.92. The van der Waals surface area contributed by atoms with Crippen molar-refractivity contribution in [2.24, 2.45) is 27.9 Å². The van der Waals surface area contributed by atoms with E-state index in [1.807, 2.05) is 30.3 Å². The molecule has 5 amide bonds. The molecule has 5 rings (SSSR count). The monoisotopic (exact) mass is 835 g/mol. The number of anilines is 1. The van der Waals surface area contributed by atoms with E-state index in [4.69, 9.17) is 22.9 Å². The van der Waals surface area contributed by atoms with E-state index >= 15 is 0 Å². The number of hydrogen-bond acceptors (Lipinski definition) is 11. The highest BCUT2D eigenvalue weighted by atomic mass is 32.2. The van der Waals surface area contributed by atoms with Crippen molar-refractivity contribution in [3.05, 3.63) is 60.2 Å². The molecule has 0 bridgehead atoms. The molecule has 2 aromatic rings. The summed E-state index contributed by atoms with van der Waals surface area (Å²) >= 11 is 1.34. The number of nitrogens with zero attached hydrogens (tertiary/aromatic N) is 5. The van der Waals surface area contributed by atoms with E-state index < -0.39 is 53.9 Å². The van der Waals surface area contributed by atoms with Crippen LogP contribution in [0.4, 0.5) is 5.69 Å². The van der Waals surface area contributed by atoms with Crippen LogP contribution in [0.15, 0.2) is 64.5 Å². The number of carboxylic acids is 1. The van der Waals surface area contributed by atoms with E-state index in [1.54, 1.807) is 29.2 Å². The maximum absolute atomic E-state index is 14.5. The largest absolute Gasteiger partial charge is 0.480 e. The zero-order valence-electron chi connectivity index (χ0n) is 33.3. The Bertz CT molecular complexity index is 1840. The zero-order chi connectivity index (χ0) is 42.5. The van der Waals surface area contributed by atoms with Gasteiger partial charge in [-0.15, -0.1) is 11.8 Å². The highest BCUT2D eigenvalue weighted by Crippen LogP contribution is 2.37. The molecule has 3 atom stereocenters. The summed E-state index contributed by atoms with van der Waals surface area (Å²) in [5, 5.41) is 15.2. The molecule has 59 heavy (non-hydrogen) atoms. The number of piperidine rings is 1. The third-order valence-electron chi connectivity index (χ3n) is 11.0. The first kappa shape index (κ1) is 44.9. The Labute approximate surface area is 348 Å². The van der Waals surface area contributed by atoms with Gasteiger partial charge in [0.25, 0.3) is 5.91 Å². The molecule has 0 radical (unpaired) electrons. The maximum Gasteiger partial charge on any atom is 0.323 e. The number of guanidine groups is 1. The summed E-state index contributed by atoms with van der Waals surface area (Å²) in [5.74, 6) is -3.17. The van der Waals surface area contributed by atoms with Gasteiger partial charge in [-0.25, -0.2) is 0 Å². The van der Waals surface area contributed by atoms with Gasteiger partial charge in [-0.3, -0.25) is 43.6 Å². The van der Waals surface area contributed by atoms with Gasteiger partial charge in [0.15, 0.2) is 5.96 Å². The fourth-order valence-electron chi connectivity index (χ4n) is 7.85. The highest BCUT2D eigenvalue weighted by molar-refractivity contribution is 7.99. The van der Waals surface area contributed by atoms with Crippen LogP contribution in [0.3, 0.4) is 0 Å². The number of carboxylic acid groups (broad SMARTS) is 1. The summed E-state index contributed by atoms with van der Waals surface area (Å²) in [4.78, 5) is 91.8. The van der Waals surface area contributed by atoms with E-state index in [0.29, 0.717) is 44.5 Å². The van der Waals surface area contributed by atoms with E-state index in [9.17, 15) is 33.9 Å². The minimum absolute atomic E-state index is 0.0740. The molecule has 0 unspecified atom stereocenters. The number of fused-ring (bicyclic) bond motifs is 1. The number of rotatable bonds is 19. The number of nitrogens with two attached hydrogens (primary N) is 4. The van der Waals surface area contributed by atoms with Crippen molar-refractivity contribution in [3.63, 3.8) is 0 Å². The molecule has 2 aromatic carbocycles. The lowest BCUT2D eigenvalue weighted by molar-refractivity contribution is -0.144. The van der Waals surface area contributed by atoms with Crippen molar-refractivity contribution in [2.45, 2.75) is 79.9 Å². The number of hydrogen-bond donors (Lipinski definition) is 7. The number of amides is 5. The van der Waals surface area contributed by atoms with E-state index in [0.717, 1.165) is 21.8 Å². The van der Waals surface area contributed by atoms with Crippen LogP contribution >= 0.6 is 11.8 Å². The average molecular weight is 836 g/mol. The first-order chi connectivity index (χ1) is 28.3. The normalized spacial score (nSPS) is 18.8. The van der Waals surface area contributed by atoms with Gasteiger partial charge in [0.2, 0.25) is 23.6 Å². The lowest BCUT2D eigenvalue weighted by Gasteiger charge is -2.43. The number of nitrogens with one attached hydrogen (secondary N) is 2. The molecule has 2 saturated heterocycles. The van der Waals surface area contributed by atoms with E-state index in [1.165, 1.54) is 16.7 Å². The second kappa shape index (κ2) is 21.1. The van der Waals surface area contributed by atoms with Gasteiger partial charge in [0.05, 0.1) is 18.4 Å². The van der Waals surface area contributed by atoms with Crippen LogP contribution in [0.25, 0.3) is 0 Å². The van der Waals surface area contributed by atoms with Gasteiger partial charge < -0.3 is 48.5 Å². The van der Waals surface area contributed by atoms with Crippen LogP contribution in [0.5, 0.6) is 0 Å². The summed E-state index contributed by atoms with van der Waals surface area (Å²) in [6.45, 7) is 0.978. The van der Waals surface area contributed by atoms with E-state index in [-0.39, 0.29) is 75.6 Å². The number of thioether (sulfide) groups is 1. The third kappa shape index (κ3) is 11.7. The van der Waals surface area contributed by atoms with E-state index in [2.05, 4.69) is 20.5 Å². The number of carbonyl (C=O) groups is 6. The van der Waals surface area contributed by atoms with Gasteiger partial charge in [0, 0.05) is 36.8 Å². The van der Waals surface area contributed by atoms with Crippen LogP contribution in [0.1, 0.15) is 50.5 Å². The number of carbonyl (C=O) groups excluding carboxylic acids is 5. The Kier molecular flexibility index (Phi) is 16.1. The summed E-state index contributed by atoms with van der Waals surface area (Å²) in [7, 11) is 0. The molecule has 0 saturated carbocycles. The molecule has 0 aliphatic carbocycles. The number of unbranched alkanes of at least 4 members (excludes halogenated alkanes) is 1. The van der Waals surface area contributed by atoms with Crippen LogP contribution < -0.4 is 38.5 Å². The lowest BCUT2D eigenvalue weighted by Crippen LogP contribution is -2.60. The zero-order valence-corrected chi connectivity index (χ0v) is 34.1. The van der Waals surface area contributed by atoms with Crippen molar-refractivity contribution in [2.75, 3.05) is 63.1 Å². The smallest absolute Gasteiger partial charge is 0.323 e. The predicted octanol–water partition coefficient (Wildman–Crippen LogP) is -0.605. The molecule has 18 nitrogen and oxygen atoms in total. The van der Waals surface area contributed by atoms with Crippen molar-refractivity contribution >= 4 is 58.9 Å². The Hall–Kier alpha value is -5.24. The van der Waals surface area contributed by atoms with Crippen LogP contribution in [0, 0.1) is 0 Å². The Balaban J connectivity index is 1.28. The quantitative estimate of drug-likeness (QED) is 0.0530. The molecule has 3 aliphatic rings. The van der Waals surface area contributed by atoms with Crippen molar-refractivity contribution in [1.82, 2.24) is 25.3 Å². The molecule has 0 aromatic heterocycles. The number of aliphatic imine (C=N–C) groups is 1. The van der Waals surface area contributed by atoms with Crippen molar-refractivity contribution < 1.29 is 33.9 Å². The molecule has 3 aliphatic heterocycles. The molecule has 1 spiro atoms. The topological polar surface area (TPSA) is 276 Å². The maximum atomic E-state index is 14.5. The van der Waals surface area contributed by atoms with Crippen LogP contribution in [-0.2, 0) is 35.2 Å². The summed E-state index contributed by atoms with van der Waals surface area (Å²) < 4.78 is 0. The van der Waals surface area contributed by atoms with Crippen molar-refractivity contribution in [1.29, 1.82) is 0 Å². The fraction of sp³-hybridized carbons (Fsp3) is 0.525. The van der Waals surface area contributed by atoms with Gasteiger partial charge in [0.1, 0.15) is 30.7 Å². The SMILES string of the molecule is NCCCC[C@H](N)C(=O)N[C@@H](CCCN=C(N)N)C(=O)N1CCC2(CC1)C(=O)N(CC(=O)N[C@@H]1CSc3ccccc3N(CC(=O)O)C1=O)CN2CCc1ccccc1. The number of aliphatic carboxylic acids is 1. The average Bonchev–Trinajstić information content (AvgIpc) is 3.38. The first-order valence-electron chi connectivity index (χ1n) is 20.1. The second-order valence-electron chi connectivity index (χ2n) is 15.1. The molecule has 11 N–H and O–H groups in total. The van der Waals surface area contributed by atoms with Gasteiger partial charge in [-0.1, -0.05) is 48.9 Å². The number of benzene rings is 2. The standard InChI is InChI=1S/C40H57N11O7S/c41-18-7-6-11-28(42)35(55)47-29(12-8-19-45-39(43)44)36(56)48-21-16-40(17-22-48)38(58)49(26-50(40)20-15-27-9-2-1-3-10-27)23-33(52)46-30-25-59-32-14-5-4-13-31(32)51(37(30)57)24-34(53)54/h1-5,9-10,13-14,28-30H,6-8,11-12,15-26,41-42H2,(H,46,52)(H,47,55)(H,53,54)(H4,43,44,45)/t28-,29-,30+/m0/s1. The molecule has 2 fully saturated rings. The summed E-state index contributed by atoms with van der Waals surface area (Å²) in [5.41, 5.74) is 23.3. The molecular formula is C40H57N11O7S. The minimum Gasteiger partial charge on any atom is -0.480 e. The first-order valence-corrected chi connectivity index (χ1v) is 21.0. The summed E-state index contributed by atoms with van der Waals surface area (Å²) in [6, 6.07) is 14.1. The molecular weight excluding hydrogens is 779 g/mol. The molecule has 320 valence electrons. The Morgan fingerprint density at radius 2 is 1.66 bits per heavy atom. The van der Waals surface area contributed by atoms with Crippen LogP contribution in [0.2, 0.25) is 0 Å². The van der Waals surface area contributed by atoms with Crippen LogP contribution in [-0.4, -0.2) is 143 Å². The van der Waals surface area contributed by atoms with Gasteiger partial charge in [-0.05, 0) is 69.2 Å². The van der Waals surface area contributed by atoms with Crippen molar-refractivity contribution in [3.8, 4) is 0 Å². The minimum atomic E-state index is -1.19. The summed E-state index contributed by atoms with van der Waals surface area (Å²) in [6.07, 6.45) is 3.74. The van der Waals surface area contributed by atoms with Gasteiger partial charge >= 0.3 is 5.97 Å². The molecule has 19 heteroatoms. The van der Waals surface area contributed by atoms with Gasteiger partial charge in [-0.2, -0.15) is 0 Å². The Morgan fingerprint density at radius 1 is 0.949 bits per heavy atom. The predicted molar refractivity (Wildman–Crippen MR) is 224 cm³/mol.